The highest BCUT2D eigenvalue weighted by atomic mass is 32.2. The monoisotopic (exact) mass is 382 g/mol. The van der Waals surface area contributed by atoms with Crippen LogP contribution in [-0.4, -0.2) is 45.8 Å². The molecule has 0 aliphatic carbocycles. The molecule has 7 heteroatoms. The van der Waals surface area contributed by atoms with Crippen molar-refractivity contribution in [3.8, 4) is 0 Å². The van der Waals surface area contributed by atoms with Crippen LogP contribution in [-0.2, 0) is 19.1 Å². The Morgan fingerprint density at radius 2 is 1.59 bits per heavy atom. The Bertz CT molecular complexity index is 835. The van der Waals surface area contributed by atoms with Gasteiger partial charge in [-0.05, 0) is 11.1 Å². The molecule has 0 saturated carbocycles. The molecule has 2 aromatic carbocycles. The predicted molar refractivity (Wildman–Crippen MR) is 101 cm³/mol. The van der Waals surface area contributed by atoms with E-state index in [0.29, 0.717) is 0 Å². The van der Waals surface area contributed by atoms with Crippen molar-refractivity contribution >= 4 is 29.4 Å². The van der Waals surface area contributed by atoms with Crippen LogP contribution < -0.4 is 5.73 Å². The quantitative estimate of drug-likeness (QED) is 0.490. The topological polar surface area (TPSA) is 89.7 Å². The normalized spacial score (nSPS) is 24.4. The van der Waals surface area contributed by atoms with Gasteiger partial charge in [0.1, 0.15) is 11.4 Å². The minimum absolute atomic E-state index is 0.142. The van der Waals surface area contributed by atoms with Crippen LogP contribution in [0.3, 0.4) is 0 Å². The van der Waals surface area contributed by atoms with Gasteiger partial charge in [0, 0.05) is 0 Å². The number of carbonyl (C=O) groups is 3. The second-order valence-corrected chi connectivity index (χ2v) is 7.58. The van der Waals surface area contributed by atoms with Crippen molar-refractivity contribution in [3.63, 3.8) is 0 Å². The Balaban J connectivity index is 1.62. The van der Waals surface area contributed by atoms with Gasteiger partial charge in [-0.2, -0.15) is 0 Å². The number of hydrogen-bond acceptors (Lipinski definition) is 6. The van der Waals surface area contributed by atoms with Gasteiger partial charge in [-0.25, -0.2) is 4.79 Å². The summed E-state index contributed by atoms with van der Waals surface area (Å²) in [4.78, 5) is 38.7. The molecule has 0 bridgehead atoms. The number of β-lactam (4-membered cyclic amide) rings is 1. The van der Waals surface area contributed by atoms with Crippen molar-refractivity contribution in [1.29, 1.82) is 0 Å². The van der Waals surface area contributed by atoms with Gasteiger partial charge in [0.25, 0.3) is 0 Å². The van der Waals surface area contributed by atoms with E-state index < -0.39 is 30.1 Å². The third-order valence-electron chi connectivity index (χ3n) is 4.76. The average Bonchev–Trinajstić information content (AvgIpc) is 2.72. The molecule has 3 atom stereocenters. The number of hydrogen-bond donors (Lipinski definition) is 1. The number of esters is 1. The lowest BCUT2D eigenvalue weighted by molar-refractivity contribution is -0.168. The number of benzene rings is 2. The van der Waals surface area contributed by atoms with E-state index in [0.717, 1.165) is 11.1 Å². The molecule has 0 aromatic heterocycles. The molecule has 2 fully saturated rings. The van der Waals surface area contributed by atoms with E-state index >= 15 is 0 Å². The molecule has 2 heterocycles. The van der Waals surface area contributed by atoms with Gasteiger partial charge in [0.05, 0.1) is 5.75 Å². The van der Waals surface area contributed by atoms with Crippen molar-refractivity contribution in [2.45, 2.75) is 23.6 Å². The summed E-state index contributed by atoms with van der Waals surface area (Å²) in [5.41, 5.74) is 7.37. The van der Waals surface area contributed by atoms with Crippen LogP contribution in [0.5, 0.6) is 0 Å². The Hall–Kier alpha value is -2.64. The lowest BCUT2D eigenvalue weighted by Crippen LogP contribution is -2.74. The number of fused-ring (bicyclic) bond motifs is 1. The number of amides is 1. The fraction of sp³-hybridized carbons (Fsp3) is 0.250. The second kappa shape index (κ2) is 7.17. The first kappa shape index (κ1) is 17.8. The zero-order valence-electron chi connectivity index (χ0n) is 14.4. The van der Waals surface area contributed by atoms with Crippen molar-refractivity contribution in [1.82, 2.24) is 4.90 Å². The lowest BCUT2D eigenvalue weighted by Gasteiger charge is -2.50. The molecule has 1 amide bonds. The number of rotatable bonds is 4. The standard InChI is InChI=1S/C20H18N2O4S/c21-15-18(24)22-16(14(23)11-27-19(15)22)20(25)26-17(12-7-3-1-4-8-12)13-9-5-2-6-10-13/h1-10,15-17,19H,11,21H2/t15-,16-,19-/m1/s1. The Kier molecular flexibility index (Phi) is 4.72. The molecule has 27 heavy (non-hydrogen) atoms. The van der Waals surface area contributed by atoms with Crippen LogP contribution in [0.15, 0.2) is 60.7 Å². The van der Waals surface area contributed by atoms with Gasteiger partial charge in [-0.3, -0.25) is 9.59 Å². The zero-order valence-corrected chi connectivity index (χ0v) is 15.2. The molecule has 0 spiro atoms. The van der Waals surface area contributed by atoms with Crippen LogP contribution in [0.2, 0.25) is 0 Å². The Morgan fingerprint density at radius 1 is 1.04 bits per heavy atom. The summed E-state index contributed by atoms with van der Waals surface area (Å²) < 4.78 is 5.76. The Labute approximate surface area is 160 Å². The molecule has 4 rings (SSSR count). The molecule has 0 unspecified atom stereocenters. The van der Waals surface area contributed by atoms with E-state index in [-0.39, 0.29) is 16.9 Å². The van der Waals surface area contributed by atoms with E-state index in [1.54, 1.807) is 0 Å². The molecule has 0 radical (unpaired) electrons. The van der Waals surface area contributed by atoms with Gasteiger partial charge in [-0.15, -0.1) is 11.8 Å². The number of ketones is 1. The maximum absolute atomic E-state index is 12.9. The van der Waals surface area contributed by atoms with E-state index in [2.05, 4.69) is 0 Å². The maximum Gasteiger partial charge on any atom is 0.337 e. The predicted octanol–water partition coefficient (Wildman–Crippen LogP) is 1.50. The minimum Gasteiger partial charge on any atom is -0.451 e. The first-order valence-electron chi connectivity index (χ1n) is 8.60. The molecule has 2 N–H and O–H groups in total. The summed E-state index contributed by atoms with van der Waals surface area (Å²) in [7, 11) is 0. The number of Topliss-reactive ketones (excluding diaryl/α,β-unsaturated/α-hetero) is 1. The fourth-order valence-corrected chi connectivity index (χ4v) is 4.58. The van der Waals surface area contributed by atoms with E-state index in [1.807, 2.05) is 60.7 Å². The molecule has 2 aromatic rings. The molecule has 2 aliphatic heterocycles. The molecular formula is C20H18N2O4S. The van der Waals surface area contributed by atoms with E-state index in [1.165, 1.54) is 16.7 Å². The van der Waals surface area contributed by atoms with Crippen LogP contribution in [0.25, 0.3) is 0 Å². The van der Waals surface area contributed by atoms with Crippen LogP contribution in [0.4, 0.5) is 0 Å². The molecule has 6 nitrogen and oxygen atoms in total. The average molecular weight is 382 g/mol. The highest BCUT2D eigenvalue weighted by Gasteiger charge is 2.56. The zero-order chi connectivity index (χ0) is 19.0. The summed E-state index contributed by atoms with van der Waals surface area (Å²) in [5, 5.41) is -0.348. The SMILES string of the molecule is N[C@@H]1C(=O)N2[C@@H](C(=O)OC(c3ccccc3)c3ccccc3)C(=O)CS[C@H]12. The highest BCUT2D eigenvalue weighted by Crippen LogP contribution is 2.37. The summed E-state index contributed by atoms with van der Waals surface area (Å²) in [5.74, 6) is -1.30. The van der Waals surface area contributed by atoms with Gasteiger partial charge < -0.3 is 15.4 Å². The number of nitrogens with two attached hydrogens (primary N) is 1. The van der Waals surface area contributed by atoms with Gasteiger partial charge in [0.2, 0.25) is 5.91 Å². The number of ether oxygens (including phenoxy) is 1. The summed E-state index contributed by atoms with van der Waals surface area (Å²) >= 11 is 1.29. The third kappa shape index (κ3) is 3.13. The van der Waals surface area contributed by atoms with Crippen molar-refractivity contribution in [3.05, 3.63) is 71.8 Å². The minimum atomic E-state index is -1.22. The van der Waals surface area contributed by atoms with Gasteiger partial charge >= 0.3 is 5.97 Å². The van der Waals surface area contributed by atoms with Crippen molar-refractivity contribution in [2.24, 2.45) is 5.73 Å². The Morgan fingerprint density at radius 3 is 2.15 bits per heavy atom. The number of carbonyl (C=O) groups excluding carboxylic acids is 3. The largest absolute Gasteiger partial charge is 0.451 e. The van der Waals surface area contributed by atoms with Crippen molar-refractivity contribution < 1.29 is 19.1 Å². The van der Waals surface area contributed by atoms with Gasteiger partial charge in [0.15, 0.2) is 17.9 Å². The lowest BCUT2D eigenvalue weighted by atomic mass is 9.99. The molecular weight excluding hydrogens is 364 g/mol. The molecule has 2 saturated heterocycles. The number of thioether (sulfide) groups is 1. The highest BCUT2D eigenvalue weighted by molar-refractivity contribution is 8.00. The van der Waals surface area contributed by atoms with E-state index in [9.17, 15) is 14.4 Å². The molecule has 2 aliphatic rings. The maximum atomic E-state index is 12.9. The second-order valence-electron chi connectivity index (χ2n) is 6.48. The van der Waals surface area contributed by atoms with Crippen molar-refractivity contribution in [2.75, 3.05) is 5.75 Å². The summed E-state index contributed by atoms with van der Waals surface area (Å²) in [6.45, 7) is 0. The smallest absolute Gasteiger partial charge is 0.337 e. The van der Waals surface area contributed by atoms with Gasteiger partial charge in [-0.1, -0.05) is 60.7 Å². The van der Waals surface area contributed by atoms with Crippen LogP contribution in [0, 0.1) is 0 Å². The van der Waals surface area contributed by atoms with Crippen LogP contribution >= 0.6 is 11.8 Å². The number of nitrogens with zero attached hydrogens (tertiary/aromatic N) is 1. The van der Waals surface area contributed by atoms with Crippen LogP contribution in [0.1, 0.15) is 17.2 Å². The third-order valence-corrected chi connectivity index (χ3v) is 6.08. The fourth-order valence-electron chi connectivity index (χ4n) is 3.38. The summed E-state index contributed by atoms with van der Waals surface area (Å²) in [6, 6.07) is 16.7. The summed E-state index contributed by atoms with van der Waals surface area (Å²) in [6.07, 6.45) is -0.661. The molecule has 138 valence electrons. The van der Waals surface area contributed by atoms with E-state index in [4.69, 9.17) is 10.5 Å². The first-order chi connectivity index (χ1) is 13.1. The first-order valence-corrected chi connectivity index (χ1v) is 9.65.